The first-order valence-corrected chi connectivity index (χ1v) is 8.94. The van der Waals surface area contributed by atoms with Crippen molar-refractivity contribution >= 4 is 15.9 Å². The van der Waals surface area contributed by atoms with Crippen LogP contribution < -0.4 is 5.32 Å². The molecule has 1 saturated carbocycles. The first-order chi connectivity index (χ1) is 9.61. The van der Waals surface area contributed by atoms with Gasteiger partial charge in [-0.15, -0.1) is 0 Å². The molecule has 4 atom stereocenters. The summed E-state index contributed by atoms with van der Waals surface area (Å²) in [5.41, 5.74) is 3.09. The number of fused-ring (bicyclic) bond motifs is 1. The Morgan fingerprint density at radius 3 is 2.65 bits per heavy atom. The molecule has 0 bridgehead atoms. The SMILES string of the molecule is CC1CCC(NC2CCc3cc(Br)ccc3C2)CC1C. The molecule has 4 unspecified atom stereocenters. The molecule has 1 nitrogen and oxygen atoms in total. The fourth-order valence-electron chi connectivity index (χ4n) is 3.90. The van der Waals surface area contributed by atoms with E-state index in [-0.39, 0.29) is 0 Å². The molecule has 0 amide bonds. The Kier molecular flexibility index (Phi) is 4.52. The van der Waals surface area contributed by atoms with Crippen molar-refractivity contribution in [3.05, 3.63) is 33.8 Å². The van der Waals surface area contributed by atoms with Crippen LogP contribution in [0.2, 0.25) is 0 Å². The minimum absolute atomic E-state index is 0.689. The molecule has 0 radical (unpaired) electrons. The normalized spacial score (nSPS) is 33.8. The van der Waals surface area contributed by atoms with Crippen LogP contribution in [0.3, 0.4) is 0 Å². The molecule has 0 saturated heterocycles. The highest BCUT2D eigenvalue weighted by Gasteiger charge is 2.27. The molecule has 1 aromatic carbocycles. The van der Waals surface area contributed by atoms with Gasteiger partial charge in [-0.2, -0.15) is 0 Å². The fraction of sp³-hybridized carbons (Fsp3) is 0.667. The van der Waals surface area contributed by atoms with Crippen LogP contribution in [0.4, 0.5) is 0 Å². The zero-order valence-corrected chi connectivity index (χ0v) is 14.2. The molecule has 0 spiro atoms. The van der Waals surface area contributed by atoms with E-state index in [1.54, 1.807) is 11.1 Å². The van der Waals surface area contributed by atoms with Crippen molar-refractivity contribution in [2.24, 2.45) is 11.8 Å². The number of halogens is 1. The maximum atomic E-state index is 3.95. The molecule has 20 heavy (non-hydrogen) atoms. The Hall–Kier alpha value is -0.340. The van der Waals surface area contributed by atoms with Crippen molar-refractivity contribution < 1.29 is 0 Å². The second kappa shape index (κ2) is 6.19. The molecule has 2 heteroatoms. The third kappa shape index (κ3) is 3.28. The van der Waals surface area contributed by atoms with Gasteiger partial charge in [0.25, 0.3) is 0 Å². The lowest BCUT2D eigenvalue weighted by atomic mass is 9.78. The molecule has 1 N–H and O–H groups in total. The Labute approximate surface area is 131 Å². The van der Waals surface area contributed by atoms with Crippen molar-refractivity contribution in [1.82, 2.24) is 5.32 Å². The molecule has 0 heterocycles. The summed E-state index contributed by atoms with van der Waals surface area (Å²) in [5, 5.41) is 3.95. The molecular weight excluding hydrogens is 310 g/mol. The van der Waals surface area contributed by atoms with Crippen LogP contribution in [-0.4, -0.2) is 12.1 Å². The number of benzene rings is 1. The second-order valence-corrected chi connectivity index (χ2v) is 7.90. The smallest absolute Gasteiger partial charge is 0.0178 e. The van der Waals surface area contributed by atoms with Gasteiger partial charge in [0, 0.05) is 16.6 Å². The van der Waals surface area contributed by atoms with Gasteiger partial charge in [-0.3, -0.25) is 0 Å². The predicted molar refractivity (Wildman–Crippen MR) is 89.1 cm³/mol. The Bertz CT molecular complexity index is 470. The van der Waals surface area contributed by atoms with Crippen LogP contribution in [0.5, 0.6) is 0 Å². The monoisotopic (exact) mass is 335 g/mol. The fourth-order valence-corrected chi connectivity index (χ4v) is 4.31. The minimum Gasteiger partial charge on any atom is -0.311 e. The van der Waals surface area contributed by atoms with Crippen LogP contribution in [0, 0.1) is 11.8 Å². The summed E-state index contributed by atoms with van der Waals surface area (Å²) in [7, 11) is 0. The van der Waals surface area contributed by atoms with Crippen LogP contribution in [0.25, 0.3) is 0 Å². The van der Waals surface area contributed by atoms with Crippen molar-refractivity contribution in [3.8, 4) is 0 Å². The third-order valence-electron chi connectivity index (χ3n) is 5.47. The number of hydrogen-bond donors (Lipinski definition) is 1. The maximum Gasteiger partial charge on any atom is 0.0178 e. The zero-order chi connectivity index (χ0) is 14.1. The van der Waals surface area contributed by atoms with Crippen LogP contribution in [0.15, 0.2) is 22.7 Å². The highest BCUT2D eigenvalue weighted by Crippen LogP contribution is 2.31. The largest absolute Gasteiger partial charge is 0.311 e. The quantitative estimate of drug-likeness (QED) is 0.824. The third-order valence-corrected chi connectivity index (χ3v) is 5.96. The van der Waals surface area contributed by atoms with E-state index in [2.05, 4.69) is 53.3 Å². The maximum absolute atomic E-state index is 3.95. The Balaban J connectivity index is 1.59. The summed E-state index contributed by atoms with van der Waals surface area (Å²) in [5.74, 6) is 1.80. The predicted octanol–water partition coefficient (Wildman–Crippen LogP) is 4.72. The first-order valence-electron chi connectivity index (χ1n) is 8.15. The Morgan fingerprint density at radius 1 is 1.00 bits per heavy atom. The standard InChI is InChI=1S/C18H26BrN/c1-12-3-7-17(9-13(12)2)20-18-8-5-14-10-16(19)6-4-15(14)11-18/h4,6,10,12-13,17-18,20H,3,5,7-9,11H2,1-2H3. The summed E-state index contributed by atoms with van der Waals surface area (Å²) >= 11 is 3.58. The molecule has 0 aromatic heterocycles. The summed E-state index contributed by atoms with van der Waals surface area (Å²) in [6.45, 7) is 4.84. The van der Waals surface area contributed by atoms with Gasteiger partial charge in [-0.1, -0.05) is 35.8 Å². The lowest BCUT2D eigenvalue weighted by Gasteiger charge is -2.36. The van der Waals surface area contributed by atoms with Gasteiger partial charge in [0.2, 0.25) is 0 Å². The average molecular weight is 336 g/mol. The van der Waals surface area contributed by atoms with E-state index in [1.807, 2.05) is 0 Å². The molecule has 1 aromatic rings. The summed E-state index contributed by atoms with van der Waals surface area (Å²) in [6.07, 6.45) is 7.87. The van der Waals surface area contributed by atoms with Crippen molar-refractivity contribution in [3.63, 3.8) is 0 Å². The van der Waals surface area contributed by atoms with Crippen molar-refractivity contribution in [1.29, 1.82) is 0 Å². The van der Waals surface area contributed by atoms with Gasteiger partial charge >= 0.3 is 0 Å². The van der Waals surface area contributed by atoms with Gasteiger partial charge in [0.15, 0.2) is 0 Å². The van der Waals surface area contributed by atoms with E-state index in [0.717, 1.165) is 17.9 Å². The molecule has 110 valence electrons. The number of nitrogens with one attached hydrogen (secondary N) is 1. The molecule has 2 aliphatic rings. The second-order valence-electron chi connectivity index (χ2n) is 6.98. The van der Waals surface area contributed by atoms with Gasteiger partial charge in [-0.25, -0.2) is 0 Å². The van der Waals surface area contributed by atoms with Crippen LogP contribution in [-0.2, 0) is 12.8 Å². The molecule has 3 rings (SSSR count). The van der Waals surface area contributed by atoms with E-state index in [9.17, 15) is 0 Å². The number of aryl methyl sites for hydroxylation is 1. The molecule has 1 fully saturated rings. The van der Waals surface area contributed by atoms with Gasteiger partial charge < -0.3 is 5.32 Å². The van der Waals surface area contributed by atoms with Crippen LogP contribution >= 0.6 is 15.9 Å². The van der Waals surface area contributed by atoms with E-state index in [1.165, 1.54) is 43.0 Å². The van der Waals surface area contributed by atoms with Crippen molar-refractivity contribution in [2.75, 3.05) is 0 Å². The molecular formula is C18H26BrN. The van der Waals surface area contributed by atoms with E-state index in [0.29, 0.717) is 6.04 Å². The molecule has 2 aliphatic carbocycles. The minimum atomic E-state index is 0.689. The summed E-state index contributed by atoms with van der Waals surface area (Å²) in [6, 6.07) is 8.23. The van der Waals surface area contributed by atoms with Crippen LogP contribution in [0.1, 0.15) is 50.7 Å². The summed E-state index contributed by atoms with van der Waals surface area (Å²) in [4.78, 5) is 0. The van der Waals surface area contributed by atoms with E-state index >= 15 is 0 Å². The highest BCUT2D eigenvalue weighted by atomic mass is 79.9. The Morgan fingerprint density at radius 2 is 1.85 bits per heavy atom. The van der Waals surface area contributed by atoms with Gasteiger partial charge in [0.05, 0.1) is 0 Å². The highest BCUT2D eigenvalue weighted by molar-refractivity contribution is 9.10. The number of hydrogen-bond acceptors (Lipinski definition) is 1. The van der Waals surface area contributed by atoms with E-state index < -0.39 is 0 Å². The molecule has 0 aliphatic heterocycles. The average Bonchev–Trinajstić information content (AvgIpc) is 2.43. The topological polar surface area (TPSA) is 12.0 Å². The van der Waals surface area contributed by atoms with Gasteiger partial charge in [0.1, 0.15) is 0 Å². The van der Waals surface area contributed by atoms with Gasteiger partial charge in [-0.05, 0) is 73.6 Å². The summed E-state index contributed by atoms with van der Waals surface area (Å²) < 4.78 is 1.22. The van der Waals surface area contributed by atoms with E-state index in [4.69, 9.17) is 0 Å². The van der Waals surface area contributed by atoms with Crippen molar-refractivity contribution in [2.45, 2.75) is 64.5 Å². The zero-order valence-electron chi connectivity index (χ0n) is 12.7. The lowest BCUT2D eigenvalue weighted by Crippen LogP contribution is -2.44. The lowest BCUT2D eigenvalue weighted by molar-refractivity contribution is 0.211. The number of rotatable bonds is 2. The first kappa shape index (κ1) is 14.6.